The van der Waals surface area contributed by atoms with Crippen LogP contribution in [0.1, 0.15) is 87.7 Å². The van der Waals surface area contributed by atoms with E-state index >= 15 is 0 Å². The molecule has 66 heavy (non-hydrogen) atoms. The maximum atomic E-state index is 14.1. The SMILES string of the molecule is CC/C(=C(\c1ccccc1)c1ccc(OCCN(C)C(=O)CCOCCC(=O)C[C@H](C(=O)N2C[C@H](O)C[C@H]2C(=O)NCc2ccc(-c3scnc3C)cc2)C(C)(C)C)cc1)c1ccccc1. The van der Waals surface area contributed by atoms with Crippen LogP contribution in [0, 0.1) is 18.3 Å². The van der Waals surface area contributed by atoms with Crippen molar-refractivity contribution in [3.8, 4) is 16.2 Å². The Balaban J connectivity index is 0.920. The number of carbonyl (C=O) groups excluding carboxylic acids is 4. The molecule has 348 valence electrons. The number of nitrogens with one attached hydrogen (secondary N) is 1. The van der Waals surface area contributed by atoms with Crippen molar-refractivity contribution < 1.29 is 33.8 Å². The van der Waals surface area contributed by atoms with E-state index in [1.54, 1.807) is 23.3 Å². The molecule has 6 rings (SSSR count). The van der Waals surface area contributed by atoms with Crippen LogP contribution in [0.3, 0.4) is 0 Å². The molecule has 1 saturated heterocycles. The first kappa shape index (κ1) is 49.5. The normalized spacial score (nSPS) is 15.8. The van der Waals surface area contributed by atoms with Gasteiger partial charge < -0.3 is 29.7 Å². The van der Waals surface area contributed by atoms with Crippen LogP contribution in [0.2, 0.25) is 0 Å². The maximum Gasteiger partial charge on any atom is 0.243 e. The fourth-order valence-corrected chi connectivity index (χ4v) is 9.14. The van der Waals surface area contributed by atoms with Gasteiger partial charge in [-0.3, -0.25) is 19.2 Å². The van der Waals surface area contributed by atoms with Crippen LogP contribution < -0.4 is 10.1 Å². The van der Waals surface area contributed by atoms with Gasteiger partial charge in [0.15, 0.2) is 0 Å². The van der Waals surface area contributed by atoms with Gasteiger partial charge in [-0.2, -0.15) is 0 Å². The topological polar surface area (TPSA) is 138 Å². The molecule has 1 aliphatic rings. The van der Waals surface area contributed by atoms with Crippen molar-refractivity contribution in [2.75, 3.05) is 40.0 Å². The van der Waals surface area contributed by atoms with Crippen LogP contribution in [0.15, 0.2) is 115 Å². The lowest BCUT2D eigenvalue weighted by Gasteiger charge is -2.34. The zero-order valence-electron chi connectivity index (χ0n) is 39.1. The number of β-amino-alcohol motifs (C(OH)–C–C–N with tert-alkyl or cyclic N) is 1. The molecule has 1 aliphatic heterocycles. The van der Waals surface area contributed by atoms with Crippen LogP contribution >= 0.6 is 11.3 Å². The third-order valence-corrected chi connectivity index (χ3v) is 13.1. The lowest BCUT2D eigenvalue weighted by Crippen LogP contribution is -2.50. The number of amides is 3. The predicted molar refractivity (Wildman–Crippen MR) is 262 cm³/mol. The minimum atomic E-state index is -0.848. The summed E-state index contributed by atoms with van der Waals surface area (Å²) in [6, 6.07) is 36.0. The molecule has 1 aromatic heterocycles. The summed E-state index contributed by atoms with van der Waals surface area (Å²) >= 11 is 1.58. The van der Waals surface area contributed by atoms with Gasteiger partial charge in [-0.05, 0) is 69.9 Å². The number of likely N-dealkylation sites (N-methyl/N-ethyl adjacent to an activating group) is 1. The Morgan fingerprint density at radius 1 is 0.864 bits per heavy atom. The number of aliphatic hydroxyl groups excluding tert-OH is 1. The number of ether oxygens (including phenoxy) is 2. The number of nitrogens with zero attached hydrogens (tertiary/aromatic N) is 3. The number of thiazole rings is 1. The number of aliphatic hydroxyl groups is 1. The van der Waals surface area contributed by atoms with Crippen molar-refractivity contribution in [3.05, 3.63) is 143 Å². The number of benzene rings is 4. The molecule has 3 atom stereocenters. The number of allylic oxidation sites excluding steroid dienone is 1. The molecule has 0 radical (unpaired) electrons. The van der Waals surface area contributed by atoms with E-state index in [0.29, 0.717) is 18.9 Å². The molecule has 0 saturated carbocycles. The lowest BCUT2D eigenvalue weighted by molar-refractivity contribution is -0.146. The second kappa shape index (κ2) is 23.5. The van der Waals surface area contributed by atoms with Crippen LogP contribution in [0.25, 0.3) is 21.6 Å². The molecule has 5 aromatic rings. The highest BCUT2D eigenvalue weighted by molar-refractivity contribution is 7.13. The van der Waals surface area contributed by atoms with E-state index in [4.69, 9.17) is 9.47 Å². The molecule has 0 unspecified atom stereocenters. The summed E-state index contributed by atoms with van der Waals surface area (Å²) in [5.41, 5.74) is 10.1. The number of likely N-dealkylation sites (tertiary alicyclic amines) is 1. The van der Waals surface area contributed by atoms with Gasteiger partial charge in [0, 0.05) is 45.3 Å². The van der Waals surface area contributed by atoms with Crippen LogP contribution in [0.5, 0.6) is 5.75 Å². The lowest BCUT2D eigenvalue weighted by atomic mass is 9.76. The highest BCUT2D eigenvalue weighted by atomic mass is 32.1. The average molecular weight is 913 g/mol. The Morgan fingerprint density at radius 3 is 2.12 bits per heavy atom. The van der Waals surface area contributed by atoms with E-state index in [-0.39, 0.29) is 75.5 Å². The maximum absolute atomic E-state index is 14.1. The molecule has 12 heteroatoms. The van der Waals surface area contributed by atoms with Gasteiger partial charge in [-0.25, -0.2) is 4.98 Å². The largest absolute Gasteiger partial charge is 0.492 e. The van der Waals surface area contributed by atoms with Crippen molar-refractivity contribution in [1.29, 1.82) is 0 Å². The molecule has 1 fully saturated rings. The van der Waals surface area contributed by atoms with E-state index < -0.39 is 23.5 Å². The van der Waals surface area contributed by atoms with Crippen molar-refractivity contribution in [2.45, 2.75) is 85.4 Å². The predicted octanol–water partition coefficient (Wildman–Crippen LogP) is 9.02. The zero-order chi connectivity index (χ0) is 47.2. The van der Waals surface area contributed by atoms with Crippen LogP contribution in [-0.2, 0) is 30.5 Å². The molecule has 0 aliphatic carbocycles. The molecular formula is C54H64N4O7S. The number of hydrogen-bond acceptors (Lipinski definition) is 9. The van der Waals surface area contributed by atoms with Crippen molar-refractivity contribution >= 4 is 46.0 Å². The zero-order valence-corrected chi connectivity index (χ0v) is 39.9. The molecular weight excluding hydrogens is 849 g/mol. The highest BCUT2D eigenvalue weighted by Crippen LogP contribution is 2.36. The Morgan fingerprint density at radius 2 is 1.50 bits per heavy atom. The first-order valence-electron chi connectivity index (χ1n) is 22.9. The average Bonchev–Trinajstić information content (AvgIpc) is 3.94. The van der Waals surface area contributed by atoms with E-state index in [1.165, 1.54) is 21.6 Å². The second-order valence-corrected chi connectivity index (χ2v) is 18.8. The monoisotopic (exact) mass is 912 g/mol. The van der Waals surface area contributed by atoms with E-state index in [9.17, 15) is 24.3 Å². The molecule has 0 spiro atoms. The van der Waals surface area contributed by atoms with Crippen molar-refractivity contribution in [1.82, 2.24) is 20.1 Å². The molecule has 2 N–H and O–H groups in total. The summed E-state index contributed by atoms with van der Waals surface area (Å²) in [6.45, 7) is 11.1. The number of carbonyl (C=O) groups is 4. The van der Waals surface area contributed by atoms with Crippen molar-refractivity contribution in [3.63, 3.8) is 0 Å². The Hall–Kier alpha value is -5.95. The Kier molecular flexibility index (Phi) is 17.6. The van der Waals surface area contributed by atoms with E-state index in [1.807, 2.05) is 81.7 Å². The van der Waals surface area contributed by atoms with Gasteiger partial charge in [0.1, 0.15) is 24.2 Å². The molecule has 4 aromatic carbocycles. The Bertz CT molecular complexity index is 2410. The number of hydrogen-bond donors (Lipinski definition) is 2. The number of Topliss-reactive ketones (excluding diaryl/α,β-unsaturated/α-hetero) is 1. The second-order valence-electron chi connectivity index (χ2n) is 18.0. The smallest absolute Gasteiger partial charge is 0.243 e. The van der Waals surface area contributed by atoms with Gasteiger partial charge in [0.2, 0.25) is 17.7 Å². The van der Waals surface area contributed by atoms with E-state index in [2.05, 4.69) is 77.9 Å². The number of aryl methyl sites for hydroxylation is 1. The van der Waals surface area contributed by atoms with Crippen LogP contribution in [0.4, 0.5) is 0 Å². The minimum Gasteiger partial charge on any atom is -0.492 e. The van der Waals surface area contributed by atoms with Crippen LogP contribution in [-0.4, -0.2) is 95.5 Å². The summed E-state index contributed by atoms with van der Waals surface area (Å²) < 4.78 is 11.8. The standard InChI is InChI=1S/C54H64N4O7S/c1-7-46(39-14-10-8-11-15-39)50(40-16-12-9-13-17-40)41-22-24-45(25-23-41)65-31-28-57(6)49(61)27-30-64-29-26-43(59)32-47(54(3,4)5)53(63)58-35-44(60)33-48(58)52(62)55-34-38-18-20-42(21-19-38)51-37(2)56-36-66-51/h8-25,36,44,47-48,60H,7,26-35H2,1-6H3,(H,55,62)/b50-46-/t44-,47-,48+/m1/s1. The highest BCUT2D eigenvalue weighted by Gasteiger charge is 2.44. The Labute approximate surface area is 393 Å². The van der Waals surface area contributed by atoms with Gasteiger partial charge in [0.25, 0.3) is 0 Å². The number of rotatable bonds is 21. The summed E-state index contributed by atoms with van der Waals surface area (Å²) in [4.78, 5) is 62.2. The van der Waals surface area contributed by atoms with Gasteiger partial charge >= 0.3 is 0 Å². The molecule has 2 heterocycles. The summed E-state index contributed by atoms with van der Waals surface area (Å²) in [6.07, 6.45) is 0.356. The van der Waals surface area contributed by atoms with E-state index in [0.717, 1.165) is 39.2 Å². The summed E-state index contributed by atoms with van der Waals surface area (Å²) in [7, 11) is 1.73. The molecule has 11 nitrogen and oxygen atoms in total. The quantitative estimate of drug-likeness (QED) is 0.0550. The third kappa shape index (κ3) is 13.3. The first-order valence-corrected chi connectivity index (χ1v) is 23.8. The fraction of sp³-hybridized carbons (Fsp3) is 0.389. The van der Waals surface area contributed by atoms with Gasteiger partial charge in [-0.1, -0.05) is 125 Å². The fourth-order valence-electron chi connectivity index (χ4n) is 8.33. The summed E-state index contributed by atoms with van der Waals surface area (Å²) in [5, 5.41) is 13.5. The first-order chi connectivity index (χ1) is 31.7. The molecule has 0 bridgehead atoms. The number of aromatic nitrogens is 1. The molecule has 3 amide bonds. The minimum absolute atomic E-state index is 0.0224. The van der Waals surface area contributed by atoms with Crippen molar-refractivity contribution in [2.24, 2.45) is 11.3 Å². The summed E-state index contributed by atoms with van der Waals surface area (Å²) in [5.74, 6) is -0.914. The third-order valence-electron chi connectivity index (χ3n) is 12.2. The number of ketones is 1. The van der Waals surface area contributed by atoms with Gasteiger partial charge in [0.05, 0.1) is 48.4 Å². The van der Waals surface area contributed by atoms with Gasteiger partial charge in [-0.15, -0.1) is 11.3 Å².